The van der Waals surface area contributed by atoms with Crippen molar-refractivity contribution in [3.8, 4) is 0 Å². The maximum absolute atomic E-state index is 11.0. The summed E-state index contributed by atoms with van der Waals surface area (Å²) < 4.78 is 5.53. The first-order chi connectivity index (χ1) is 11.2. The van der Waals surface area contributed by atoms with Crippen LogP contribution in [0.25, 0.3) is 0 Å². The molecule has 120 valence electrons. The van der Waals surface area contributed by atoms with Crippen LogP contribution in [0.1, 0.15) is 36.0 Å². The molecule has 0 radical (unpaired) electrons. The molecular formula is C18H21N3O2. The first kappa shape index (κ1) is 14.6. The topological polar surface area (TPSA) is 62.4 Å². The van der Waals surface area contributed by atoms with E-state index >= 15 is 0 Å². The van der Waals surface area contributed by atoms with Gasteiger partial charge in [-0.05, 0) is 43.5 Å². The number of aromatic nitrogens is 2. The molecule has 0 amide bonds. The molecule has 1 aromatic carbocycles. The van der Waals surface area contributed by atoms with Gasteiger partial charge in [0.1, 0.15) is 0 Å². The van der Waals surface area contributed by atoms with Crippen LogP contribution in [0.15, 0.2) is 47.5 Å². The van der Waals surface area contributed by atoms with Crippen molar-refractivity contribution in [1.29, 1.82) is 0 Å². The fourth-order valence-corrected chi connectivity index (χ4v) is 3.82. The lowest BCUT2D eigenvalue weighted by atomic mass is 9.79. The lowest BCUT2D eigenvalue weighted by molar-refractivity contribution is 0.0726. The molecule has 2 atom stereocenters. The van der Waals surface area contributed by atoms with Crippen molar-refractivity contribution in [2.45, 2.75) is 24.4 Å². The maximum atomic E-state index is 11.0. The smallest absolute Gasteiger partial charge is 0.231 e. The number of piperidine rings is 3. The van der Waals surface area contributed by atoms with E-state index in [1.165, 1.54) is 32.0 Å². The molecule has 3 aliphatic rings. The summed E-state index contributed by atoms with van der Waals surface area (Å²) in [5.41, 5.74) is -0.729. The number of benzene rings is 1. The zero-order chi connectivity index (χ0) is 15.9. The Bertz CT molecular complexity index is 691. The summed E-state index contributed by atoms with van der Waals surface area (Å²) in [6.07, 6.45) is 3.84. The minimum atomic E-state index is -1.42. The highest BCUT2D eigenvalue weighted by Gasteiger charge is 2.40. The van der Waals surface area contributed by atoms with Crippen LogP contribution in [-0.4, -0.2) is 39.8 Å². The van der Waals surface area contributed by atoms with E-state index < -0.39 is 5.60 Å². The summed E-state index contributed by atoms with van der Waals surface area (Å²) >= 11 is 0. The van der Waals surface area contributed by atoms with Gasteiger partial charge in [0.05, 0.1) is 5.92 Å². The van der Waals surface area contributed by atoms with Crippen molar-refractivity contribution < 1.29 is 9.63 Å². The molecule has 5 heteroatoms. The van der Waals surface area contributed by atoms with Gasteiger partial charge < -0.3 is 14.5 Å². The molecule has 0 saturated carbocycles. The van der Waals surface area contributed by atoms with Crippen LogP contribution < -0.4 is 0 Å². The summed E-state index contributed by atoms with van der Waals surface area (Å²) in [6, 6.07) is 9.33. The fraction of sp³-hybridized carbons (Fsp3) is 0.444. The minimum absolute atomic E-state index is 0.269. The summed E-state index contributed by atoms with van der Waals surface area (Å²) in [4.78, 5) is 7.00. The highest BCUT2D eigenvalue weighted by atomic mass is 16.5. The van der Waals surface area contributed by atoms with E-state index in [-0.39, 0.29) is 11.7 Å². The van der Waals surface area contributed by atoms with Crippen molar-refractivity contribution in [3.63, 3.8) is 0 Å². The molecule has 3 saturated heterocycles. The van der Waals surface area contributed by atoms with Gasteiger partial charge >= 0.3 is 0 Å². The molecule has 0 aliphatic carbocycles. The van der Waals surface area contributed by atoms with Crippen LogP contribution in [0.4, 0.5) is 0 Å². The molecule has 3 fully saturated rings. The van der Waals surface area contributed by atoms with E-state index in [4.69, 9.17) is 4.52 Å². The van der Waals surface area contributed by atoms with E-state index in [0.29, 0.717) is 17.4 Å². The second-order valence-electron chi connectivity index (χ2n) is 6.54. The van der Waals surface area contributed by atoms with Crippen molar-refractivity contribution >= 4 is 0 Å². The average molecular weight is 311 g/mol. The van der Waals surface area contributed by atoms with Gasteiger partial charge in [-0.3, -0.25) is 0 Å². The number of rotatable bonds is 4. The number of hydrogen-bond donors (Lipinski definition) is 1. The van der Waals surface area contributed by atoms with E-state index in [1.807, 2.05) is 30.3 Å². The Kier molecular flexibility index (Phi) is 3.54. The number of fused-ring (bicyclic) bond motifs is 3. The van der Waals surface area contributed by atoms with Gasteiger partial charge in [0.2, 0.25) is 11.7 Å². The maximum Gasteiger partial charge on any atom is 0.231 e. The zero-order valence-corrected chi connectivity index (χ0v) is 13.1. The van der Waals surface area contributed by atoms with E-state index in [0.717, 1.165) is 6.54 Å². The molecule has 2 unspecified atom stereocenters. The molecule has 3 aliphatic heterocycles. The van der Waals surface area contributed by atoms with Crippen LogP contribution in [0.3, 0.4) is 0 Å². The van der Waals surface area contributed by atoms with Crippen LogP contribution in [0, 0.1) is 5.92 Å². The van der Waals surface area contributed by atoms with E-state index in [9.17, 15) is 5.11 Å². The van der Waals surface area contributed by atoms with Crippen LogP contribution in [-0.2, 0) is 5.60 Å². The van der Waals surface area contributed by atoms with Crippen LogP contribution in [0.2, 0.25) is 0 Å². The van der Waals surface area contributed by atoms with Gasteiger partial charge in [-0.1, -0.05) is 42.1 Å². The molecule has 4 heterocycles. The van der Waals surface area contributed by atoms with Gasteiger partial charge in [-0.25, -0.2) is 0 Å². The SMILES string of the molecule is C=CC(O)(c1ccccc1)c1noc(C2CN3CCC2CC3)n1. The standard InChI is InChI=1S/C18H21N3O2/c1-2-18(22,14-6-4-3-5-7-14)17-19-16(23-20-17)15-12-21-10-8-13(15)9-11-21/h2-7,13,15,22H,1,8-12H2. The summed E-state index contributed by atoms with van der Waals surface area (Å²) in [7, 11) is 0. The lowest BCUT2D eigenvalue weighted by Gasteiger charge is -2.43. The lowest BCUT2D eigenvalue weighted by Crippen LogP contribution is -2.46. The van der Waals surface area contributed by atoms with Crippen molar-refractivity contribution in [1.82, 2.24) is 15.0 Å². The number of hydrogen-bond acceptors (Lipinski definition) is 5. The first-order valence-corrected chi connectivity index (χ1v) is 8.18. The van der Waals surface area contributed by atoms with Gasteiger partial charge in [-0.15, -0.1) is 0 Å². The van der Waals surface area contributed by atoms with Crippen molar-refractivity contribution in [2.24, 2.45) is 5.92 Å². The second kappa shape index (κ2) is 5.58. The minimum Gasteiger partial charge on any atom is -0.373 e. The Hall–Kier alpha value is -1.98. The monoisotopic (exact) mass is 311 g/mol. The van der Waals surface area contributed by atoms with Gasteiger partial charge in [0.25, 0.3) is 0 Å². The Labute approximate surface area is 135 Å². The summed E-state index contributed by atoms with van der Waals surface area (Å²) in [5, 5.41) is 15.1. The van der Waals surface area contributed by atoms with Gasteiger partial charge in [0.15, 0.2) is 5.60 Å². The second-order valence-corrected chi connectivity index (χ2v) is 6.54. The van der Waals surface area contributed by atoms with Gasteiger partial charge in [0, 0.05) is 6.54 Å². The molecule has 1 aromatic heterocycles. The van der Waals surface area contributed by atoms with Crippen LogP contribution >= 0.6 is 0 Å². The third-order valence-electron chi connectivity index (χ3n) is 5.27. The molecule has 2 bridgehead atoms. The molecular weight excluding hydrogens is 290 g/mol. The van der Waals surface area contributed by atoms with Crippen molar-refractivity contribution in [2.75, 3.05) is 19.6 Å². The Balaban J connectivity index is 1.66. The summed E-state index contributed by atoms with van der Waals surface area (Å²) in [6.45, 7) is 7.08. The molecule has 5 rings (SSSR count). The van der Waals surface area contributed by atoms with E-state index in [2.05, 4.69) is 21.6 Å². The number of aliphatic hydroxyl groups is 1. The molecule has 0 spiro atoms. The number of nitrogens with zero attached hydrogens (tertiary/aromatic N) is 3. The summed E-state index contributed by atoms with van der Waals surface area (Å²) in [5.74, 6) is 1.81. The molecule has 2 aromatic rings. The normalized spacial score (nSPS) is 29.2. The predicted molar refractivity (Wildman–Crippen MR) is 85.8 cm³/mol. The third-order valence-corrected chi connectivity index (χ3v) is 5.27. The van der Waals surface area contributed by atoms with Crippen LogP contribution in [0.5, 0.6) is 0 Å². The predicted octanol–water partition coefficient (Wildman–Crippen LogP) is 2.30. The van der Waals surface area contributed by atoms with Crippen molar-refractivity contribution in [3.05, 3.63) is 60.3 Å². The highest BCUT2D eigenvalue weighted by Crippen LogP contribution is 2.39. The Morgan fingerprint density at radius 2 is 2.00 bits per heavy atom. The molecule has 1 N–H and O–H groups in total. The Morgan fingerprint density at radius 1 is 1.26 bits per heavy atom. The first-order valence-electron chi connectivity index (χ1n) is 8.18. The Morgan fingerprint density at radius 3 is 2.61 bits per heavy atom. The van der Waals surface area contributed by atoms with E-state index in [1.54, 1.807) is 0 Å². The highest BCUT2D eigenvalue weighted by molar-refractivity contribution is 5.33. The fourth-order valence-electron chi connectivity index (χ4n) is 3.82. The average Bonchev–Trinajstić information content (AvgIpc) is 3.13. The molecule has 23 heavy (non-hydrogen) atoms. The van der Waals surface area contributed by atoms with Gasteiger partial charge in [-0.2, -0.15) is 4.98 Å². The zero-order valence-electron chi connectivity index (χ0n) is 13.1. The molecule has 5 nitrogen and oxygen atoms in total. The third kappa shape index (κ3) is 2.40. The quantitative estimate of drug-likeness (QED) is 0.878. The largest absolute Gasteiger partial charge is 0.373 e.